The zero-order chi connectivity index (χ0) is 11.0. The third kappa shape index (κ3) is 1.42. The molecular weight excluding hydrogens is 222 g/mol. The van der Waals surface area contributed by atoms with Gasteiger partial charge in [0.25, 0.3) is 0 Å². The highest BCUT2D eigenvalue weighted by molar-refractivity contribution is 8.02. The molecule has 0 bridgehead atoms. The molecule has 2 fully saturated rings. The smallest absolute Gasteiger partial charge is 0.240 e. The van der Waals surface area contributed by atoms with Crippen molar-refractivity contribution in [3.05, 3.63) is 18.5 Å². The molecule has 84 valence electrons. The summed E-state index contributed by atoms with van der Waals surface area (Å²) in [4.78, 5) is 22.2. The highest BCUT2D eigenvalue weighted by Gasteiger charge is 2.49. The molecule has 5 heteroatoms. The Labute approximate surface area is 98.5 Å². The molecule has 0 atom stereocenters. The minimum absolute atomic E-state index is 0.0432. The summed E-state index contributed by atoms with van der Waals surface area (Å²) in [6, 6.07) is 1.78. The first-order valence-electron chi connectivity index (χ1n) is 5.56. The van der Waals surface area contributed by atoms with Crippen LogP contribution in [-0.2, 0) is 4.79 Å². The van der Waals surface area contributed by atoms with Gasteiger partial charge in [-0.2, -0.15) is 0 Å². The van der Waals surface area contributed by atoms with E-state index in [9.17, 15) is 4.79 Å². The van der Waals surface area contributed by atoms with E-state index in [2.05, 4.69) is 9.97 Å². The van der Waals surface area contributed by atoms with Crippen molar-refractivity contribution >= 4 is 23.6 Å². The third-order valence-corrected chi connectivity index (χ3v) is 4.78. The third-order valence-electron chi connectivity index (χ3n) is 3.26. The van der Waals surface area contributed by atoms with E-state index in [4.69, 9.17) is 0 Å². The van der Waals surface area contributed by atoms with Crippen LogP contribution in [0, 0.1) is 0 Å². The maximum absolute atomic E-state index is 12.0. The van der Waals surface area contributed by atoms with Gasteiger partial charge in [-0.15, -0.1) is 11.8 Å². The van der Waals surface area contributed by atoms with Gasteiger partial charge in [0.1, 0.15) is 0 Å². The Kier molecular flexibility index (Phi) is 2.35. The Bertz CT molecular complexity index is 403. The first-order chi connectivity index (χ1) is 7.82. The molecule has 1 aliphatic carbocycles. The summed E-state index contributed by atoms with van der Waals surface area (Å²) in [6.07, 6.45) is 7.93. The quantitative estimate of drug-likeness (QED) is 0.745. The van der Waals surface area contributed by atoms with E-state index in [1.54, 1.807) is 30.2 Å². The summed E-state index contributed by atoms with van der Waals surface area (Å²) in [5.41, 5.74) is 0. The molecule has 1 saturated heterocycles. The van der Waals surface area contributed by atoms with E-state index >= 15 is 0 Å². The molecule has 1 aromatic heterocycles. The van der Waals surface area contributed by atoms with Crippen molar-refractivity contribution in [2.24, 2.45) is 0 Å². The number of hydrogen-bond acceptors (Lipinski definition) is 4. The molecule has 2 aliphatic rings. The maximum atomic E-state index is 12.0. The van der Waals surface area contributed by atoms with E-state index in [0.717, 1.165) is 12.8 Å². The van der Waals surface area contributed by atoms with Crippen LogP contribution in [0.2, 0.25) is 0 Å². The van der Waals surface area contributed by atoms with Crippen molar-refractivity contribution in [3.8, 4) is 0 Å². The lowest BCUT2D eigenvalue weighted by Gasteiger charge is -2.31. The predicted octanol–water partition coefficient (Wildman–Crippen LogP) is 1.83. The second kappa shape index (κ2) is 3.73. The van der Waals surface area contributed by atoms with Gasteiger partial charge in [-0.1, -0.05) is 12.8 Å². The van der Waals surface area contributed by atoms with Gasteiger partial charge in [0, 0.05) is 12.4 Å². The molecule has 1 aliphatic heterocycles. The lowest BCUT2D eigenvalue weighted by molar-refractivity contribution is -0.116. The molecule has 0 radical (unpaired) electrons. The number of aromatic nitrogens is 2. The minimum atomic E-state index is -0.0432. The zero-order valence-corrected chi connectivity index (χ0v) is 9.74. The number of hydrogen-bond donors (Lipinski definition) is 0. The molecule has 0 unspecified atom stereocenters. The van der Waals surface area contributed by atoms with Gasteiger partial charge >= 0.3 is 0 Å². The fourth-order valence-corrected chi connectivity index (χ4v) is 3.96. The van der Waals surface area contributed by atoms with Crippen LogP contribution in [0.3, 0.4) is 0 Å². The van der Waals surface area contributed by atoms with Gasteiger partial charge in [0.05, 0.1) is 10.6 Å². The Hall–Kier alpha value is -1.10. The fourth-order valence-electron chi connectivity index (χ4n) is 2.55. The van der Waals surface area contributed by atoms with Crippen molar-refractivity contribution < 1.29 is 4.79 Å². The van der Waals surface area contributed by atoms with Crippen LogP contribution < -0.4 is 4.90 Å². The van der Waals surface area contributed by atoms with Crippen molar-refractivity contribution in [2.75, 3.05) is 10.7 Å². The van der Waals surface area contributed by atoms with Gasteiger partial charge in [-0.3, -0.25) is 9.69 Å². The second-order valence-electron chi connectivity index (χ2n) is 4.22. The van der Waals surface area contributed by atoms with Crippen LogP contribution in [0.1, 0.15) is 25.7 Å². The second-order valence-corrected chi connectivity index (χ2v) is 5.56. The van der Waals surface area contributed by atoms with E-state index in [1.165, 1.54) is 12.8 Å². The number of anilines is 1. The first-order valence-corrected chi connectivity index (χ1v) is 6.54. The van der Waals surface area contributed by atoms with E-state index in [1.807, 2.05) is 4.90 Å². The van der Waals surface area contributed by atoms with Gasteiger partial charge in [0.2, 0.25) is 11.9 Å². The minimum Gasteiger partial charge on any atom is -0.273 e. The van der Waals surface area contributed by atoms with Crippen molar-refractivity contribution in [3.63, 3.8) is 0 Å². The lowest BCUT2D eigenvalue weighted by atomic mass is 10.2. The number of nitrogens with zero attached hydrogens (tertiary/aromatic N) is 3. The normalized spacial score (nSPS) is 23.2. The monoisotopic (exact) mass is 235 g/mol. The van der Waals surface area contributed by atoms with E-state index in [-0.39, 0.29) is 10.8 Å². The van der Waals surface area contributed by atoms with Gasteiger partial charge in [0.15, 0.2) is 0 Å². The number of thioether (sulfide) groups is 1. The highest BCUT2D eigenvalue weighted by atomic mass is 32.2. The number of carbonyl (C=O) groups is 1. The molecule has 4 nitrogen and oxygen atoms in total. The molecule has 1 saturated carbocycles. The van der Waals surface area contributed by atoms with Gasteiger partial charge in [-0.05, 0) is 18.9 Å². The maximum Gasteiger partial charge on any atom is 0.240 e. The topological polar surface area (TPSA) is 46.1 Å². The van der Waals surface area contributed by atoms with Crippen LogP contribution in [0.15, 0.2) is 18.5 Å². The molecule has 1 amide bonds. The summed E-state index contributed by atoms with van der Waals surface area (Å²) in [6.45, 7) is 0. The summed E-state index contributed by atoms with van der Waals surface area (Å²) in [5.74, 6) is 1.29. The SMILES string of the molecule is O=C1CSC2(CCCC2)N1c1ncccn1. The summed E-state index contributed by atoms with van der Waals surface area (Å²) >= 11 is 1.76. The first kappa shape index (κ1) is 10.1. The predicted molar refractivity (Wildman–Crippen MR) is 63.2 cm³/mol. The van der Waals surface area contributed by atoms with Crippen LogP contribution in [0.5, 0.6) is 0 Å². The lowest BCUT2D eigenvalue weighted by Crippen LogP contribution is -2.43. The van der Waals surface area contributed by atoms with Gasteiger partial charge in [-0.25, -0.2) is 9.97 Å². The van der Waals surface area contributed by atoms with E-state index < -0.39 is 0 Å². The van der Waals surface area contributed by atoms with E-state index in [0.29, 0.717) is 11.7 Å². The standard InChI is InChI=1S/C11H13N3OS/c15-9-8-16-11(4-1-2-5-11)14(9)10-12-6-3-7-13-10/h3,6-7H,1-2,4-5,8H2. The molecule has 16 heavy (non-hydrogen) atoms. The largest absolute Gasteiger partial charge is 0.273 e. The molecule has 1 spiro atoms. The van der Waals surface area contributed by atoms with Gasteiger partial charge < -0.3 is 0 Å². The van der Waals surface area contributed by atoms with Crippen LogP contribution in [0.4, 0.5) is 5.95 Å². The van der Waals surface area contributed by atoms with Crippen molar-refractivity contribution in [2.45, 2.75) is 30.6 Å². The summed E-state index contributed by atoms with van der Waals surface area (Å²) in [5, 5.41) is 0. The van der Waals surface area contributed by atoms with Crippen molar-refractivity contribution in [1.82, 2.24) is 9.97 Å². The molecule has 0 aromatic carbocycles. The molecule has 2 heterocycles. The molecule has 1 aromatic rings. The molecular formula is C11H13N3OS. The average Bonchev–Trinajstić information content (AvgIpc) is 2.90. The number of amides is 1. The Morgan fingerprint density at radius 1 is 1.25 bits per heavy atom. The Morgan fingerprint density at radius 2 is 1.94 bits per heavy atom. The number of carbonyl (C=O) groups excluding carboxylic acids is 1. The number of rotatable bonds is 1. The van der Waals surface area contributed by atoms with Crippen LogP contribution in [-0.4, -0.2) is 26.5 Å². The average molecular weight is 235 g/mol. The fraction of sp³-hybridized carbons (Fsp3) is 0.545. The molecule has 0 N–H and O–H groups in total. The molecule has 3 rings (SSSR count). The van der Waals surface area contributed by atoms with Crippen LogP contribution >= 0.6 is 11.8 Å². The van der Waals surface area contributed by atoms with Crippen molar-refractivity contribution in [1.29, 1.82) is 0 Å². The van der Waals surface area contributed by atoms with Crippen LogP contribution in [0.25, 0.3) is 0 Å². The summed E-state index contributed by atoms with van der Waals surface area (Å²) in [7, 11) is 0. The Morgan fingerprint density at radius 3 is 2.62 bits per heavy atom. The zero-order valence-electron chi connectivity index (χ0n) is 8.93. The summed E-state index contributed by atoms with van der Waals surface area (Å²) < 4.78 is 0. The highest BCUT2D eigenvalue weighted by Crippen LogP contribution is 2.49. The Balaban J connectivity index is 2.00.